The molecule has 0 aromatic heterocycles. The lowest BCUT2D eigenvalue weighted by Gasteiger charge is -2.44. The zero-order chi connectivity index (χ0) is 22.5. The molecule has 0 aromatic carbocycles. The maximum Gasteiger partial charge on any atom is 0.573 e. The number of hydrogen-bond donors (Lipinski definition) is 2. The van der Waals surface area contributed by atoms with Gasteiger partial charge < -0.3 is 20.1 Å². The van der Waals surface area contributed by atoms with Crippen LogP contribution in [0.5, 0.6) is 0 Å². The number of amides is 1. The Labute approximate surface area is 176 Å². The summed E-state index contributed by atoms with van der Waals surface area (Å²) in [7, 11) is 0. The highest BCUT2D eigenvalue weighted by Crippen LogP contribution is 2.40. The summed E-state index contributed by atoms with van der Waals surface area (Å²) in [4.78, 5) is 15.3. The third-order valence-electron chi connectivity index (χ3n) is 5.78. The van der Waals surface area contributed by atoms with E-state index in [1.165, 1.54) is 6.08 Å². The summed E-state index contributed by atoms with van der Waals surface area (Å²) < 4.78 is 42.3. The Bertz CT molecular complexity index is 672. The Morgan fingerprint density at radius 2 is 1.80 bits per heavy atom. The Morgan fingerprint density at radius 1 is 1.23 bits per heavy atom. The summed E-state index contributed by atoms with van der Waals surface area (Å²) in [6.45, 7) is 9.94. The summed E-state index contributed by atoms with van der Waals surface area (Å²) in [6, 6.07) is 0.169. The minimum absolute atomic E-state index is 0.0845. The predicted molar refractivity (Wildman–Crippen MR) is 109 cm³/mol. The molecule has 30 heavy (non-hydrogen) atoms. The average molecular weight is 431 g/mol. The maximum absolute atomic E-state index is 13.6. The van der Waals surface area contributed by atoms with Crippen LogP contribution in [0.15, 0.2) is 36.1 Å². The molecule has 1 aliphatic carbocycles. The Kier molecular flexibility index (Phi) is 8.16. The lowest BCUT2D eigenvalue weighted by atomic mass is 9.71. The Balaban J connectivity index is 2.43. The molecule has 170 valence electrons. The van der Waals surface area contributed by atoms with E-state index in [1.54, 1.807) is 17.9 Å². The molecule has 0 radical (unpaired) electrons. The van der Waals surface area contributed by atoms with Crippen LogP contribution in [-0.4, -0.2) is 53.1 Å². The lowest BCUT2D eigenvalue weighted by molar-refractivity contribution is -0.303. The van der Waals surface area contributed by atoms with E-state index >= 15 is 0 Å². The molecule has 0 bridgehead atoms. The van der Waals surface area contributed by atoms with Crippen molar-refractivity contribution in [3.63, 3.8) is 0 Å². The highest BCUT2D eigenvalue weighted by atomic mass is 19.4. The van der Waals surface area contributed by atoms with Crippen LogP contribution < -0.4 is 5.32 Å². The number of rotatable bonds is 6. The zero-order valence-electron chi connectivity index (χ0n) is 18.0. The standard InChI is InChI=1S/C22H33F3N2O3/c1-5-17(12-18(6-2)30-22(23,24)25)19(21(29)10-8-7-9-11-21)20(28)27-13-15(3)26-16(4)14-27/h5-6,12,15-16,19,26,29H,2,7-11,13-14H2,1,3-4H3/b17-5+,18-12+/t15?,16?,19-/m0/s1. The molecule has 0 aromatic rings. The number of hydrogen-bond acceptors (Lipinski definition) is 4. The largest absolute Gasteiger partial charge is 0.573 e. The summed E-state index contributed by atoms with van der Waals surface area (Å²) in [6.07, 6.45) is 2.18. The summed E-state index contributed by atoms with van der Waals surface area (Å²) in [5, 5.41) is 14.8. The second-order valence-electron chi connectivity index (χ2n) is 8.40. The first-order valence-electron chi connectivity index (χ1n) is 10.5. The van der Waals surface area contributed by atoms with Gasteiger partial charge in [-0.25, -0.2) is 0 Å². The van der Waals surface area contributed by atoms with Crippen LogP contribution >= 0.6 is 0 Å². The molecular formula is C22H33F3N2O3. The van der Waals surface area contributed by atoms with Gasteiger partial charge in [-0.05, 0) is 51.3 Å². The molecule has 3 atom stereocenters. The van der Waals surface area contributed by atoms with Crippen molar-refractivity contribution in [3.8, 4) is 0 Å². The summed E-state index contributed by atoms with van der Waals surface area (Å²) in [5.74, 6) is -1.73. The van der Waals surface area contributed by atoms with E-state index in [9.17, 15) is 23.1 Å². The van der Waals surface area contributed by atoms with Gasteiger partial charge in [0.1, 0.15) is 5.76 Å². The molecule has 1 aliphatic heterocycles. The van der Waals surface area contributed by atoms with Gasteiger partial charge in [0.15, 0.2) is 0 Å². The van der Waals surface area contributed by atoms with Crippen LogP contribution in [0.4, 0.5) is 13.2 Å². The molecule has 2 N–H and O–H groups in total. The van der Waals surface area contributed by atoms with E-state index in [0.29, 0.717) is 31.5 Å². The molecule has 2 aliphatic rings. The van der Waals surface area contributed by atoms with Gasteiger partial charge in [0, 0.05) is 25.2 Å². The van der Waals surface area contributed by atoms with Crippen molar-refractivity contribution >= 4 is 5.91 Å². The third kappa shape index (κ3) is 6.35. The molecule has 2 rings (SSSR count). The molecule has 1 amide bonds. The van der Waals surface area contributed by atoms with Crippen LogP contribution in [-0.2, 0) is 9.53 Å². The van der Waals surface area contributed by atoms with Crippen LogP contribution in [0.25, 0.3) is 0 Å². The molecule has 2 fully saturated rings. The number of allylic oxidation sites excluding steroid dienone is 3. The topological polar surface area (TPSA) is 61.8 Å². The first-order valence-corrected chi connectivity index (χ1v) is 10.5. The quantitative estimate of drug-likeness (QED) is 0.493. The van der Waals surface area contributed by atoms with Crippen molar-refractivity contribution in [3.05, 3.63) is 36.1 Å². The van der Waals surface area contributed by atoms with Gasteiger partial charge in [0.2, 0.25) is 5.91 Å². The number of nitrogens with zero attached hydrogens (tertiary/aromatic N) is 1. The highest BCUT2D eigenvalue weighted by Gasteiger charge is 2.46. The van der Waals surface area contributed by atoms with Gasteiger partial charge in [-0.1, -0.05) is 31.9 Å². The van der Waals surface area contributed by atoms with Gasteiger partial charge in [-0.3, -0.25) is 4.79 Å². The number of carbonyl (C=O) groups is 1. The molecular weight excluding hydrogens is 397 g/mol. The number of piperazine rings is 1. The smallest absolute Gasteiger partial charge is 0.406 e. The second-order valence-corrected chi connectivity index (χ2v) is 8.40. The molecule has 2 unspecified atom stereocenters. The minimum atomic E-state index is -4.87. The lowest BCUT2D eigenvalue weighted by Crippen LogP contribution is -2.59. The van der Waals surface area contributed by atoms with Gasteiger partial charge in [-0.15, -0.1) is 13.2 Å². The van der Waals surface area contributed by atoms with Gasteiger partial charge in [0.25, 0.3) is 0 Å². The van der Waals surface area contributed by atoms with Crippen molar-refractivity contribution in [2.45, 2.75) is 76.9 Å². The fraction of sp³-hybridized carbons (Fsp3) is 0.682. The SMILES string of the molecule is C=C/C(=C\C(=C/C)[C@@H](C(=O)N1CC(C)NC(C)C1)C1(O)CCCCC1)OC(F)(F)F. The normalized spacial score (nSPS) is 26.8. The third-order valence-corrected chi connectivity index (χ3v) is 5.78. The van der Waals surface area contributed by atoms with Crippen molar-refractivity contribution < 1.29 is 27.8 Å². The number of ether oxygens (including phenoxy) is 1. The predicted octanol–water partition coefficient (Wildman–Crippen LogP) is 4.06. The average Bonchev–Trinajstić information content (AvgIpc) is 2.65. The number of alkyl halides is 3. The fourth-order valence-electron chi connectivity index (χ4n) is 4.59. The first-order chi connectivity index (χ1) is 14.0. The monoisotopic (exact) mass is 430 g/mol. The van der Waals surface area contributed by atoms with E-state index in [-0.39, 0.29) is 18.0 Å². The minimum Gasteiger partial charge on any atom is -0.406 e. The molecule has 1 saturated carbocycles. The van der Waals surface area contributed by atoms with Gasteiger partial charge >= 0.3 is 6.36 Å². The van der Waals surface area contributed by atoms with Crippen LogP contribution in [0, 0.1) is 5.92 Å². The van der Waals surface area contributed by atoms with Crippen molar-refractivity contribution in [2.24, 2.45) is 5.92 Å². The molecule has 5 nitrogen and oxygen atoms in total. The molecule has 1 saturated heterocycles. The van der Waals surface area contributed by atoms with Crippen LogP contribution in [0.3, 0.4) is 0 Å². The van der Waals surface area contributed by atoms with E-state index in [2.05, 4.69) is 16.6 Å². The number of halogens is 3. The molecule has 8 heteroatoms. The van der Waals surface area contributed by atoms with Crippen molar-refractivity contribution in [1.29, 1.82) is 0 Å². The molecule has 1 heterocycles. The highest BCUT2D eigenvalue weighted by molar-refractivity contribution is 5.84. The summed E-state index contributed by atoms with van der Waals surface area (Å²) >= 11 is 0. The maximum atomic E-state index is 13.6. The van der Waals surface area contributed by atoms with E-state index in [4.69, 9.17) is 0 Å². The number of aliphatic hydroxyl groups is 1. The summed E-state index contributed by atoms with van der Waals surface area (Å²) in [5.41, 5.74) is -1.00. The second kappa shape index (κ2) is 10.0. The van der Waals surface area contributed by atoms with Gasteiger partial charge in [0.05, 0.1) is 11.5 Å². The zero-order valence-corrected chi connectivity index (χ0v) is 18.0. The molecule has 0 spiro atoms. The van der Waals surface area contributed by atoms with Crippen molar-refractivity contribution in [2.75, 3.05) is 13.1 Å². The Morgan fingerprint density at radius 3 is 2.27 bits per heavy atom. The van der Waals surface area contributed by atoms with Crippen LogP contribution in [0.2, 0.25) is 0 Å². The van der Waals surface area contributed by atoms with Gasteiger partial charge in [-0.2, -0.15) is 0 Å². The van der Waals surface area contributed by atoms with Crippen molar-refractivity contribution in [1.82, 2.24) is 10.2 Å². The number of nitrogens with one attached hydrogen (secondary N) is 1. The number of carbonyl (C=O) groups excluding carboxylic acids is 1. The van der Waals surface area contributed by atoms with E-state index in [0.717, 1.165) is 25.3 Å². The Hall–Kier alpha value is -1.80. The van der Waals surface area contributed by atoms with E-state index < -0.39 is 23.6 Å². The van der Waals surface area contributed by atoms with Crippen LogP contribution in [0.1, 0.15) is 52.9 Å². The van der Waals surface area contributed by atoms with E-state index in [1.807, 2.05) is 13.8 Å². The fourth-order valence-corrected chi connectivity index (χ4v) is 4.59. The first kappa shape index (κ1) is 24.5.